The lowest BCUT2D eigenvalue weighted by atomic mass is 10.00. The highest BCUT2D eigenvalue weighted by molar-refractivity contribution is 7.89. The second-order valence-corrected chi connectivity index (χ2v) is 7.23. The van der Waals surface area contributed by atoms with Gasteiger partial charge in [0.1, 0.15) is 4.90 Å². The zero-order chi connectivity index (χ0) is 14.0. The van der Waals surface area contributed by atoms with Crippen molar-refractivity contribution in [2.45, 2.75) is 43.2 Å². The van der Waals surface area contributed by atoms with Crippen molar-refractivity contribution < 1.29 is 8.42 Å². The first-order valence-corrected chi connectivity index (χ1v) is 8.28. The van der Waals surface area contributed by atoms with Crippen molar-refractivity contribution in [2.75, 3.05) is 6.54 Å². The van der Waals surface area contributed by atoms with Crippen molar-refractivity contribution in [2.24, 2.45) is 5.73 Å². The molecule has 2 N–H and O–H groups in total. The molecule has 0 bridgehead atoms. The number of rotatable bonds is 3. The van der Waals surface area contributed by atoms with E-state index in [0.29, 0.717) is 6.54 Å². The number of halogens is 1. The summed E-state index contributed by atoms with van der Waals surface area (Å²) >= 11 is 6.02. The van der Waals surface area contributed by atoms with Gasteiger partial charge in [-0.05, 0) is 31.9 Å². The van der Waals surface area contributed by atoms with E-state index in [9.17, 15) is 8.42 Å². The molecule has 1 aliphatic heterocycles. The van der Waals surface area contributed by atoms with Crippen LogP contribution in [0.5, 0.6) is 0 Å². The van der Waals surface area contributed by atoms with E-state index < -0.39 is 10.0 Å². The van der Waals surface area contributed by atoms with Crippen molar-refractivity contribution >= 4 is 21.6 Å². The standard InChI is InChI=1S/C13H19ClN2O2S/c1-10(15)12-7-4-5-9-16(12)19(17,18)13-8-3-2-6-11(13)14/h2-3,6,8,10,12H,4-5,7,9,15H2,1H3. The Bertz CT molecular complexity index is 545. The zero-order valence-corrected chi connectivity index (χ0v) is 12.5. The van der Waals surface area contributed by atoms with Crippen LogP contribution in [0, 0.1) is 0 Å². The molecule has 2 atom stereocenters. The molecule has 0 amide bonds. The lowest BCUT2D eigenvalue weighted by molar-refractivity contribution is 0.227. The summed E-state index contributed by atoms with van der Waals surface area (Å²) in [4.78, 5) is 0.171. The Hall–Kier alpha value is -0.620. The van der Waals surface area contributed by atoms with Gasteiger partial charge >= 0.3 is 0 Å². The molecular formula is C13H19ClN2O2S. The van der Waals surface area contributed by atoms with E-state index in [4.69, 9.17) is 17.3 Å². The molecule has 1 aromatic carbocycles. The number of hydrogen-bond donors (Lipinski definition) is 1. The van der Waals surface area contributed by atoms with Gasteiger partial charge in [0.05, 0.1) is 5.02 Å². The second-order valence-electron chi connectivity index (χ2n) is 4.97. The van der Waals surface area contributed by atoms with Gasteiger partial charge in [0.15, 0.2) is 0 Å². The predicted octanol–water partition coefficient (Wildman–Crippen LogP) is 2.23. The molecule has 0 spiro atoms. The molecule has 2 rings (SSSR count). The SMILES string of the molecule is CC(N)C1CCCCN1S(=O)(=O)c1ccccc1Cl. The number of nitrogens with zero attached hydrogens (tertiary/aromatic N) is 1. The van der Waals surface area contributed by atoms with Gasteiger partial charge < -0.3 is 5.73 Å². The fraction of sp³-hybridized carbons (Fsp3) is 0.538. The number of benzene rings is 1. The second kappa shape index (κ2) is 5.79. The van der Waals surface area contributed by atoms with Crippen molar-refractivity contribution in [3.8, 4) is 0 Å². The molecule has 0 aromatic heterocycles. The van der Waals surface area contributed by atoms with Crippen LogP contribution >= 0.6 is 11.6 Å². The molecule has 6 heteroatoms. The van der Waals surface area contributed by atoms with Gasteiger partial charge in [0.25, 0.3) is 0 Å². The molecule has 0 radical (unpaired) electrons. The van der Waals surface area contributed by atoms with Crippen molar-refractivity contribution in [3.05, 3.63) is 29.3 Å². The molecule has 0 aliphatic carbocycles. The molecular weight excluding hydrogens is 284 g/mol. The molecule has 106 valence electrons. The quantitative estimate of drug-likeness (QED) is 0.931. The Labute approximate surface area is 119 Å². The monoisotopic (exact) mass is 302 g/mol. The minimum absolute atomic E-state index is 0.143. The lowest BCUT2D eigenvalue weighted by Crippen LogP contribution is -2.51. The summed E-state index contributed by atoms with van der Waals surface area (Å²) in [6, 6.07) is 6.22. The summed E-state index contributed by atoms with van der Waals surface area (Å²) < 4.78 is 26.9. The maximum absolute atomic E-state index is 12.7. The van der Waals surface area contributed by atoms with Gasteiger partial charge in [0.2, 0.25) is 10.0 Å². The van der Waals surface area contributed by atoms with Gasteiger partial charge in [-0.15, -0.1) is 0 Å². The normalized spacial score (nSPS) is 23.2. The molecule has 4 nitrogen and oxygen atoms in total. The van der Waals surface area contributed by atoms with Crippen LogP contribution in [0.25, 0.3) is 0 Å². The van der Waals surface area contributed by atoms with E-state index in [1.807, 2.05) is 6.92 Å². The summed E-state index contributed by atoms with van der Waals surface area (Å²) in [7, 11) is -3.57. The third-order valence-electron chi connectivity index (χ3n) is 3.53. The fourth-order valence-corrected chi connectivity index (χ4v) is 4.80. The summed E-state index contributed by atoms with van der Waals surface area (Å²) in [5.41, 5.74) is 5.93. The molecule has 2 unspecified atom stereocenters. The van der Waals surface area contributed by atoms with Crippen LogP contribution in [-0.2, 0) is 10.0 Å². The van der Waals surface area contributed by atoms with Crippen LogP contribution in [0.4, 0.5) is 0 Å². The smallest absolute Gasteiger partial charge is 0.244 e. The molecule has 1 fully saturated rings. The molecule has 1 heterocycles. The predicted molar refractivity (Wildman–Crippen MR) is 76.6 cm³/mol. The van der Waals surface area contributed by atoms with Gasteiger partial charge in [-0.1, -0.05) is 30.2 Å². The van der Waals surface area contributed by atoms with Gasteiger partial charge in [0, 0.05) is 18.6 Å². The topological polar surface area (TPSA) is 63.4 Å². The third-order valence-corrected chi connectivity index (χ3v) is 5.95. The van der Waals surface area contributed by atoms with Gasteiger partial charge in [-0.25, -0.2) is 8.42 Å². The Kier molecular flexibility index (Phi) is 4.50. The molecule has 1 saturated heterocycles. The number of sulfonamides is 1. The number of hydrogen-bond acceptors (Lipinski definition) is 3. The minimum Gasteiger partial charge on any atom is -0.326 e. The fourth-order valence-electron chi connectivity index (χ4n) is 2.53. The van der Waals surface area contributed by atoms with Crippen molar-refractivity contribution in [3.63, 3.8) is 0 Å². The number of nitrogens with two attached hydrogens (primary N) is 1. The summed E-state index contributed by atoms with van der Waals surface area (Å²) in [5, 5.41) is 0.261. The van der Waals surface area contributed by atoms with E-state index >= 15 is 0 Å². The van der Waals surface area contributed by atoms with E-state index in [2.05, 4.69) is 0 Å². The zero-order valence-electron chi connectivity index (χ0n) is 10.9. The first kappa shape index (κ1) is 14.8. The first-order valence-electron chi connectivity index (χ1n) is 6.46. The Morgan fingerprint density at radius 1 is 1.37 bits per heavy atom. The highest BCUT2D eigenvalue weighted by atomic mass is 35.5. The summed E-state index contributed by atoms with van der Waals surface area (Å²) in [5.74, 6) is 0. The highest BCUT2D eigenvalue weighted by Gasteiger charge is 2.36. The average Bonchev–Trinajstić information content (AvgIpc) is 2.39. The van der Waals surface area contributed by atoms with Crippen LogP contribution in [0.2, 0.25) is 5.02 Å². The van der Waals surface area contributed by atoms with Gasteiger partial charge in [-0.3, -0.25) is 0 Å². The van der Waals surface area contributed by atoms with E-state index in [1.54, 1.807) is 24.3 Å². The van der Waals surface area contributed by atoms with E-state index in [0.717, 1.165) is 19.3 Å². The van der Waals surface area contributed by atoms with Crippen LogP contribution in [0.1, 0.15) is 26.2 Å². The van der Waals surface area contributed by atoms with Gasteiger partial charge in [-0.2, -0.15) is 4.31 Å². The van der Waals surface area contributed by atoms with E-state index in [1.165, 1.54) is 4.31 Å². The lowest BCUT2D eigenvalue weighted by Gasteiger charge is -2.37. The molecule has 1 aromatic rings. The average molecular weight is 303 g/mol. The summed E-state index contributed by atoms with van der Waals surface area (Å²) in [6.45, 7) is 2.37. The Morgan fingerprint density at radius 3 is 2.68 bits per heavy atom. The van der Waals surface area contributed by atoms with Crippen molar-refractivity contribution in [1.82, 2.24) is 4.31 Å². The Balaban J connectivity index is 2.40. The maximum Gasteiger partial charge on any atom is 0.244 e. The van der Waals surface area contributed by atoms with Crippen molar-refractivity contribution in [1.29, 1.82) is 0 Å². The van der Waals surface area contributed by atoms with Crippen LogP contribution in [-0.4, -0.2) is 31.4 Å². The van der Waals surface area contributed by atoms with E-state index in [-0.39, 0.29) is 22.0 Å². The largest absolute Gasteiger partial charge is 0.326 e. The molecule has 19 heavy (non-hydrogen) atoms. The maximum atomic E-state index is 12.7. The molecule has 1 aliphatic rings. The highest BCUT2D eigenvalue weighted by Crippen LogP contribution is 2.30. The Morgan fingerprint density at radius 2 is 2.05 bits per heavy atom. The first-order chi connectivity index (χ1) is 8.94. The van der Waals surface area contributed by atoms with Crippen LogP contribution in [0.15, 0.2) is 29.2 Å². The van der Waals surface area contributed by atoms with Crippen LogP contribution < -0.4 is 5.73 Å². The molecule has 0 saturated carbocycles. The van der Waals surface area contributed by atoms with Crippen LogP contribution in [0.3, 0.4) is 0 Å². The number of piperidine rings is 1. The third kappa shape index (κ3) is 2.94. The minimum atomic E-state index is -3.57. The summed E-state index contributed by atoms with van der Waals surface area (Å²) in [6.07, 6.45) is 2.69.